The Morgan fingerprint density at radius 3 is 1.77 bits per heavy atom. The minimum atomic E-state index is 0.895. The molecule has 0 radical (unpaired) electrons. The lowest BCUT2D eigenvalue weighted by Gasteiger charge is -2.19. The van der Waals surface area contributed by atoms with Gasteiger partial charge in [-0.3, -0.25) is 0 Å². The fraction of sp³-hybridized carbons (Fsp3) is 0. The summed E-state index contributed by atoms with van der Waals surface area (Å²) in [6, 6.07) is 59.5. The van der Waals surface area contributed by atoms with Crippen LogP contribution in [0.1, 0.15) is 0 Å². The van der Waals surface area contributed by atoms with Crippen molar-refractivity contribution in [3.05, 3.63) is 164 Å². The van der Waals surface area contributed by atoms with E-state index in [1.807, 2.05) is 6.07 Å². The molecule has 294 valence electrons. The summed E-state index contributed by atoms with van der Waals surface area (Å²) in [5.74, 6) is 0. The maximum absolute atomic E-state index is 6.71. The summed E-state index contributed by atoms with van der Waals surface area (Å²) in [5.41, 5.74) is 25.6. The first-order valence-electron chi connectivity index (χ1n) is 22.4. The Balaban J connectivity index is 1.17. The molecule has 9 aromatic carbocycles. The number of para-hydroxylation sites is 2. The fourth-order valence-corrected chi connectivity index (χ4v) is 11.1. The lowest BCUT2D eigenvalue weighted by atomic mass is 9.64. The van der Waals surface area contributed by atoms with Gasteiger partial charge in [0, 0.05) is 43.7 Å². The SMILES string of the molecule is Bc1c(B)c(B)c2c(c1B)c1c(B)c(-c3ccc4c(c3)c3c(-c5ccccc5)cccc3n4-c3cccc4c3oc3ccccc34)c(B)c(B)c1n2-c1cccc(-c2ccccc2)c1. The van der Waals surface area contributed by atoms with Crippen molar-refractivity contribution in [3.8, 4) is 44.8 Å². The molecule has 0 saturated carbocycles. The fourth-order valence-electron chi connectivity index (χ4n) is 11.1. The molecule has 0 atom stereocenters. The van der Waals surface area contributed by atoms with Crippen LogP contribution in [-0.2, 0) is 0 Å². The van der Waals surface area contributed by atoms with Crippen molar-refractivity contribution < 1.29 is 4.42 Å². The van der Waals surface area contributed by atoms with Gasteiger partial charge in [-0.1, -0.05) is 154 Å². The third-order valence-electron chi connectivity index (χ3n) is 14.6. The molecule has 12 aromatic rings. The average Bonchev–Trinajstić information content (AvgIpc) is 4.01. The van der Waals surface area contributed by atoms with Crippen molar-refractivity contribution in [2.24, 2.45) is 0 Å². The maximum Gasteiger partial charge on any atom is 0.159 e. The van der Waals surface area contributed by atoms with Crippen LogP contribution in [-0.4, -0.2) is 64.1 Å². The van der Waals surface area contributed by atoms with E-state index in [1.165, 1.54) is 110 Å². The van der Waals surface area contributed by atoms with E-state index < -0.39 is 0 Å². The molecule has 3 heterocycles. The number of aromatic nitrogens is 2. The van der Waals surface area contributed by atoms with Crippen LogP contribution in [0.25, 0.3) is 110 Å². The molecule has 3 aromatic heterocycles. The zero-order valence-corrected chi connectivity index (χ0v) is 37.4. The zero-order valence-electron chi connectivity index (χ0n) is 37.4. The number of hydrogen-bond donors (Lipinski definition) is 0. The Morgan fingerprint density at radius 1 is 0.359 bits per heavy atom. The summed E-state index contributed by atoms with van der Waals surface area (Å²) in [6.45, 7) is 0. The highest BCUT2D eigenvalue weighted by Crippen LogP contribution is 2.43. The second kappa shape index (κ2) is 14.4. The first-order valence-corrected chi connectivity index (χ1v) is 22.4. The van der Waals surface area contributed by atoms with Crippen molar-refractivity contribution in [2.45, 2.75) is 0 Å². The van der Waals surface area contributed by atoms with Crippen molar-refractivity contribution in [3.63, 3.8) is 0 Å². The van der Waals surface area contributed by atoms with E-state index in [0.717, 1.165) is 38.7 Å². The molecule has 3 nitrogen and oxygen atoms in total. The van der Waals surface area contributed by atoms with Gasteiger partial charge in [0.25, 0.3) is 0 Å². The lowest BCUT2D eigenvalue weighted by molar-refractivity contribution is 0.666. The predicted octanol–water partition coefficient (Wildman–Crippen LogP) is 2.59. The molecule has 64 heavy (non-hydrogen) atoms. The third-order valence-corrected chi connectivity index (χ3v) is 14.6. The number of fused-ring (bicyclic) bond motifs is 9. The Bertz CT molecular complexity index is 3930. The average molecular weight is 810 g/mol. The minimum absolute atomic E-state index is 0.895. The van der Waals surface area contributed by atoms with Crippen LogP contribution in [0, 0.1) is 0 Å². The molecule has 0 saturated heterocycles. The number of benzene rings is 9. The lowest BCUT2D eigenvalue weighted by Crippen LogP contribution is -2.48. The summed E-state index contributed by atoms with van der Waals surface area (Å²) >= 11 is 0. The number of hydrogen-bond acceptors (Lipinski definition) is 1. The van der Waals surface area contributed by atoms with Gasteiger partial charge in [0.05, 0.1) is 16.7 Å². The predicted molar refractivity (Wildman–Crippen MR) is 296 cm³/mol. The second-order valence-electron chi connectivity index (χ2n) is 17.8. The molecule has 0 aliphatic heterocycles. The second-order valence-corrected chi connectivity index (χ2v) is 17.8. The Morgan fingerprint density at radius 2 is 0.984 bits per heavy atom. The Kier molecular flexibility index (Phi) is 8.69. The molecule has 0 aliphatic carbocycles. The molecule has 0 unspecified atom stereocenters. The van der Waals surface area contributed by atoms with Gasteiger partial charge >= 0.3 is 0 Å². The van der Waals surface area contributed by atoms with E-state index in [0.29, 0.717) is 0 Å². The van der Waals surface area contributed by atoms with E-state index in [1.54, 1.807) is 0 Å². The van der Waals surface area contributed by atoms with Gasteiger partial charge in [0.2, 0.25) is 0 Å². The van der Waals surface area contributed by atoms with Crippen molar-refractivity contribution in [1.29, 1.82) is 0 Å². The van der Waals surface area contributed by atoms with Gasteiger partial charge < -0.3 is 13.6 Å². The van der Waals surface area contributed by atoms with E-state index in [-0.39, 0.29) is 0 Å². The standard InChI is InChI=1S/C54H41B7N2O/c55-45-41(46(56)50(60)52-43(45)44-47(57)48(58)49(59)51(61)53(44)62(52)32-17-9-16-30(26-32)28-12-3-1-4-13-28)31-24-25-37-36(27-31)42-33(29-14-5-2-6-15-29)19-10-21-38(42)63(37)39-22-11-20-35-34-18-7-8-23-40(34)64-54(35)39/h1-27H,55-61H2. The highest BCUT2D eigenvalue weighted by atomic mass is 16.3. The molecule has 0 N–H and O–H groups in total. The molecular weight excluding hydrogens is 768 g/mol. The van der Waals surface area contributed by atoms with E-state index in [9.17, 15) is 0 Å². The molecule has 10 heteroatoms. The van der Waals surface area contributed by atoms with Crippen LogP contribution in [0.15, 0.2) is 168 Å². The summed E-state index contributed by atoms with van der Waals surface area (Å²) in [6.07, 6.45) is 0. The van der Waals surface area contributed by atoms with Crippen LogP contribution in [0.5, 0.6) is 0 Å². The van der Waals surface area contributed by atoms with Crippen LogP contribution in [0.4, 0.5) is 0 Å². The minimum Gasteiger partial charge on any atom is -0.454 e. The van der Waals surface area contributed by atoms with Crippen molar-refractivity contribution >= 4 is 159 Å². The van der Waals surface area contributed by atoms with E-state index in [4.69, 9.17) is 4.42 Å². The Labute approximate surface area is 379 Å². The summed E-state index contributed by atoms with van der Waals surface area (Å²) in [4.78, 5) is 0. The van der Waals surface area contributed by atoms with Crippen LogP contribution < -0.4 is 38.2 Å². The first-order chi connectivity index (χ1) is 31.2. The van der Waals surface area contributed by atoms with Crippen LogP contribution >= 0.6 is 0 Å². The highest BCUT2D eigenvalue weighted by molar-refractivity contribution is 6.69. The van der Waals surface area contributed by atoms with Crippen LogP contribution in [0.2, 0.25) is 0 Å². The van der Waals surface area contributed by atoms with Crippen molar-refractivity contribution in [2.75, 3.05) is 0 Å². The van der Waals surface area contributed by atoms with Gasteiger partial charge in [-0.2, -0.15) is 0 Å². The Hall–Kier alpha value is -7.17. The van der Waals surface area contributed by atoms with Gasteiger partial charge in [-0.05, 0) is 81.2 Å². The first kappa shape index (κ1) is 38.5. The molecule has 0 amide bonds. The van der Waals surface area contributed by atoms with Crippen LogP contribution in [0.3, 0.4) is 0 Å². The molecule has 0 spiro atoms. The number of furan rings is 1. The molecule has 0 aliphatic rings. The van der Waals surface area contributed by atoms with Gasteiger partial charge in [0.1, 0.15) is 60.5 Å². The third kappa shape index (κ3) is 5.45. The monoisotopic (exact) mass is 810 g/mol. The van der Waals surface area contributed by atoms with Gasteiger partial charge in [-0.25, -0.2) is 0 Å². The summed E-state index contributed by atoms with van der Waals surface area (Å²) in [7, 11) is 16.3. The quantitative estimate of drug-likeness (QED) is 0.246. The molecule has 12 rings (SSSR count). The summed E-state index contributed by atoms with van der Waals surface area (Å²) in [5, 5.41) is 7.40. The topological polar surface area (TPSA) is 23.0 Å². The van der Waals surface area contributed by atoms with E-state index >= 15 is 0 Å². The maximum atomic E-state index is 6.71. The number of rotatable bonds is 5. The smallest absolute Gasteiger partial charge is 0.159 e. The largest absolute Gasteiger partial charge is 0.454 e. The van der Waals surface area contributed by atoms with Gasteiger partial charge in [0.15, 0.2) is 5.58 Å². The highest BCUT2D eigenvalue weighted by Gasteiger charge is 2.26. The zero-order chi connectivity index (χ0) is 43.5. The number of nitrogens with zero attached hydrogens (tertiary/aromatic N) is 2. The summed E-state index contributed by atoms with van der Waals surface area (Å²) < 4.78 is 11.7. The van der Waals surface area contributed by atoms with E-state index in [2.05, 4.69) is 222 Å². The van der Waals surface area contributed by atoms with Gasteiger partial charge in [-0.15, -0.1) is 5.46 Å². The molecule has 0 fully saturated rings. The normalized spacial score (nSPS) is 11.9. The van der Waals surface area contributed by atoms with Crippen molar-refractivity contribution in [1.82, 2.24) is 9.13 Å². The molecular formula is C54H41B7N2O. The molecule has 0 bridgehead atoms.